The van der Waals surface area contributed by atoms with Gasteiger partial charge in [-0.15, -0.1) is 0 Å². The van der Waals surface area contributed by atoms with E-state index in [2.05, 4.69) is 18.2 Å². The van der Waals surface area contributed by atoms with Crippen molar-refractivity contribution in [2.75, 3.05) is 0 Å². The predicted octanol–water partition coefficient (Wildman–Crippen LogP) is 4.31. The van der Waals surface area contributed by atoms with Gasteiger partial charge in [0.05, 0.1) is 10.8 Å². The van der Waals surface area contributed by atoms with Crippen LogP contribution in [-0.2, 0) is 22.4 Å². The molecule has 0 radical (unpaired) electrons. The summed E-state index contributed by atoms with van der Waals surface area (Å²) < 4.78 is 0. The maximum Gasteiger partial charge on any atom is 0.309 e. The highest BCUT2D eigenvalue weighted by molar-refractivity contribution is 5.77. The third-order valence-electron chi connectivity index (χ3n) is 5.27. The first kappa shape index (κ1) is 18.5. The lowest BCUT2D eigenvalue weighted by atomic mass is 9.86. The molecule has 0 aromatic heterocycles. The molecule has 0 spiro atoms. The number of hydrogen-bond acceptors (Lipinski definition) is 2. The molecule has 0 bridgehead atoms. The van der Waals surface area contributed by atoms with Crippen molar-refractivity contribution < 1.29 is 19.8 Å². The summed E-state index contributed by atoms with van der Waals surface area (Å²) in [7, 11) is 0. The van der Waals surface area contributed by atoms with Crippen molar-refractivity contribution in [2.24, 2.45) is 10.8 Å². The molecule has 4 nitrogen and oxygen atoms in total. The average Bonchev–Trinajstić information content (AvgIpc) is 3.28. The Morgan fingerprint density at radius 1 is 1.08 bits per heavy atom. The van der Waals surface area contributed by atoms with Gasteiger partial charge in [0.2, 0.25) is 0 Å². The Hall–Kier alpha value is -1.84. The topological polar surface area (TPSA) is 74.6 Å². The van der Waals surface area contributed by atoms with Crippen LogP contribution in [0.2, 0.25) is 0 Å². The summed E-state index contributed by atoms with van der Waals surface area (Å²) in [6.45, 7) is 3.53. The highest BCUT2D eigenvalue weighted by atomic mass is 16.4. The molecule has 2 rings (SSSR count). The predicted molar refractivity (Wildman–Crippen MR) is 93.0 cm³/mol. The van der Waals surface area contributed by atoms with Crippen LogP contribution < -0.4 is 0 Å². The highest BCUT2D eigenvalue weighted by Gasteiger charge is 2.49. The number of hydrogen-bond donors (Lipinski definition) is 2. The van der Waals surface area contributed by atoms with Crippen LogP contribution >= 0.6 is 0 Å². The summed E-state index contributed by atoms with van der Waals surface area (Å²) in [5, 5.41) is 18.4. The quantitative estimate of drug-likeness (QED) is 0.669. The Balaban J connectivity index is 1.79. The van der Waals surface area contributed by atoms with E-state index in [1.807, 2.05) is 6.07 Å². The zero-order chi connectivity index (χ0) is 17.8. The van der Waals surface area contributed by atoms with Gasteiger partial charge in [-0.3, -0.25) is 9.59 Å². The second-order valence-electron chi connectivity index (χ2n) is 7.80. The van der Waals surface area contributed by atoms with Gasteiger partial charge in [0, 0.05) is 0 Å². The van der Waals surface area contributed by atoms with E-state index in [1.54, 1.807) is 13.8 Å². The lowest BCUT2D eigenvalue weighted by Gasteiger charge is -2.18. The van der Waals surface area contributed by atoms with Crippen LogP contribution in [0.15, 0.2) is 24.3 Å². The minimum atomic E-state index is -0.747. The number of aryl methyl sites for hydroxylation is 2. The van der Waals surface area contributed by atoms with Crippen LogP contribution in [0.1, 0.15) is 63.5 Å². The fraction of sp³-hybridized carbons (Fsp3) is 0.600. The Morgan fingerprint density at radius 2 is 1.67 bits per heavy atom. The number of aliphatic carboxylic acids is 2. The molecule has 0 saturated heterocycles. The summed E-state index contributed by atoms with van der Waals surface area (Å²) in [5.41, 5.74) is 1.37. The van der Waals surface area contributed by atoms with Gasteiger partial charge in [0.15, 0.2) is 0 Å². The van der Waals surface area contributed by atoms with Gasteiger partial charge in [-0.1, -0.05) is 24.3 Å². The lowest BCUT2D eigenvalue weighted by Crippen LogP contribution is -2.23. The summed E-state index contributed by atoms with van der Waals surface area (Å²) >= 11 is 0. The van der Waals surface area contributed by atoms with Crippen molar-refractivity contribution in [1.29, 1.82) is 0 Å². The molecule has 0 heterocycles. The van der Waals surface area contributed by atoms with Crippen LogP contribution in [0.25, 0.3) is 0 Å². The zero-order valence-electron chi connectivity index (χ0n) is 14.7. The minimum Gasteiger partial charge on any atom is -0.481 e. The average molecular weight is 332 g/mol. The molecule has 1 saturated carbocycles. The lowest BCUT2D eigenvalue weighted by molar-refractivity contribution is -0.147. The third kappa shape index (κ3) is 4.83. The molecule has 1 aromatic rings. The minimum absolute atomic E-state index is 0.431. The Bertz CT molecular complexity index is 562. The molecule has 4 heteroatoms. The summed E-state index contributed by atoms with van der Waals surface area (Å²) in [6.07, 6.45) is 6.61. The SMILES string of the molecule is CC(C)(CCCc1cccc(CCCC2(C(=O)O)CC2)c1)C(=O)O. The van der Waals surface area contributed by atoms with Gasteiger partial charge in [0.1, 0.15) is 0 Å². The fourth-order valence-electron chi connectivity index (χ4n) is 3.13. The fourth-order valence-corrected chi connectivity index (χ4v) is 3.13. The van der Waals surface area contributed by atoms with Gasteiger partial charge in [-0.2, -0.15) is 0 Å². The maximum absolute atomic E-state index is 11.2. The van der Waals surface area contributed by atoms with E-state index in [4.69, 9.17) is 5.11 Å². The van der Waals surface area contributed by atoms with E-state index in [0.717, 1.165) is 44.9 Å². The first-order valence-corrected chi connectivity index (χ1v) is 8.80. The Labute approximate surface area is 143 Å². The van der Waals surface area contributed by atoms with Crippen molar-refractivity contribution >= 4 is 11.9 Å². The van der Waals surface area contributed by atoms with E-state index in [0.29, 0.717) is 6.42 Å². The van der Waals surface area contributed by atoms with Gasteiger partial charge in [-0.25, -0.2) is 0 Å². The molecule has 1 aromatic carbocycles. The van der Waals surface area contributed by atoms with Crippen LogP contribution in [0.4, 0.5) is 0 Å². The molecule has 1 aliphatic carbocycles. The third-order valence-corrected chi connectivity index (χ3v) is 5.27. The standard InChI is InChI=1S/C20H28O4/c1-19(2,17(21)22)10-4-8-15-6-3-7-16(14-15)9-5-11-20(12-13-20)18(23)24/h3,6-7,14H,4-5,8-13H2,1-2H3,(H,21,22)(H,23,24). The van der Waals surface area contributed by atoms with Crippen LogP contribution in [0.5, 0.6) is 0 Å². The number of benzene rings is 1. The summed E-state index contributed by atoms with van der Waals surface area (Å²) in [6, 6.07) is 8.38. The van der Waals surface area contributed by atoms with Gasteiger partial charge < -0.3 is 10.2 Å². The molecule has 1 fully saturated rings. The Kier molecular flexibility index (Phi) is 5.68. The van der Waals surface area contributed by atoms with Gasteiger partial charge in [-0.05, 0) is 76.3 Å². The Morgan fingerprint density at radius 3 is 2.17 bits per heavy atom. The maximum atomic E-state index is 11.2. The second-order valence-corrected chi connectivity index (χ2v) is 7.80. The van der Waals surface area contributed by atoms with Crippen LogP contribution in [-0.4, -0.2) is 22.2 Å². The normalized spacial score (nSPS) is 15.9. The number of carbonyl (C=O) groups is 2. The number of carboxylic acids is 2. The molecule has 24 heavy (non-hydrogen) atoms. The molecule has 0 atom stereocenters. The molecule has 2 N–H and O–H groups in total. The van der Waals surface area contributed by atoms with E-state index < -0.39 is 22.8 Å². The zero-order valence-corrected chi connectivity index (χ0v) is 14.7. The molecule has 1 aliphatic rings. The number of carboxylic acid groups (broad SMARTS) is 2. The van der Waals surface area contributed by atoms with Crippen molar-refractivity contribution in [3.63, 3.8) is 0 Å². The molecular weight excluding hydrogens is 304 g/mol. The van der Waals surface area contributed by atoms with E-state index in [1.165, 1.54) is 11.1 Å². The van der Waals surface area contributed by atoms with Gasteiger partial charge in [0.25, 0.3) is 0 Å². The van der Waals surface area contributed by atoms with Crippen molar-refractivity contribution in [2.45, 2.75) is 65.2 Å². The van der Waals surface area contributed by atoms with Crippen molar-refractivity contribution in [1.82, 2.24) is 0 Å². The summed E-state index contributed by atoms with van der Waals surface area (Å²) in [5.74, 6) is -1.39. The van der Waals surface area contributed by atoms with Crippen molar-refractivity contribution in [3.8, 4) is 0 Å². The molecule has 0 unspecified atom stereocenters. The van der Waals surface area contributed by atoms with Crippen molar-refractivity contribution in [3.05, 3.63) is 35.4 Å². The van der Waals surface area contributed by atoms with Crippen LogP contribution in [0, 0.1) is 10.8 Å². The smallest absolute Gasteiger partial charge is 0.309 e. The molecule has 0 amide bonds. The van der Waals surface area contributed by atoms with E-state index >= 15 is 0 Å². The molecule has 132 valence electrons. The van der Waals surface area contributed by atoms with E-state index in [-0.39, 0.29) is 0 Å². The largest absolute Gasteiger partial charge is 0.481 e. The monoisotopic (exact) mass is 332 g/mol. The van der Waals surface area contributed by atoms with E-state index in [9.17, 15) is 14.7 Å². The van der Waals surface area contributed by atoms with Gasteiger partial charge >= 0.3 is 11.9 Å². The summed E-state index contributed by atoms with van der Waals surface area (Å²) in [4.78, 5) is 22.3. The highest BCUT2D eigenvalue weighted by Crippen LogP contribution is 2.50. The first-order valence-electron chi connectivity index (χ1n) is 8.80. The molecular formula is C20H28O4. The molecule has 0 aliphatic heterocycles. The second kappa shape index (κ2) is 7.37. The van der Waals surface area contributed by atoms with Crippen LogP contribution in [0.3, 0.4) is 0 Å². The first-order chi connectivity index (χ1) is 11.3. The number of rotatable bonds is 10.